The SMILES string of the molecule is Cc1cc(S(=O)(=O)N2CCN(C(C)(C)C)C(=O)C2)ccc1F. The number of nitrogens with zero attached hydrogens (tertiary/aromatic N) is 2. The number of benzene rings is 1. The van der Waals surface area contributed by atoms with Crippen molar-refractivity contribution in [2.45, 2.75) is 38.1 Å². The van der Waals surface area contributed by atoms with Crippen LogP contribution in [0.1, 0.15) is 26.3 Å². The largest absolute Gasteiger partial charge is 0.335 e. The summed E-state index contributed by atoms with van der Waals surface area (Å²) in [4.78, 5) is 13.9. The Morgan fingerprint density at radius 3 is 2.32 bits per heavy atom. The molecule has 0 radical (unpaired) electrons. The van der Waals surface area contributed by atoms with Crippen molar-refractivity contribution in [3.63, 3.8) is 0 Å². The van der Waals surface area contributed by atoms with Gasteiger partial charge in [-0.2, -0.15) is 4.31 Å². The Bertz CT molecular complexity index is 695. The normalized spacial score (nSPS) is 17.9. The zero-order chi connectivity index (χ0) is 16.7. The maximum Gasteiger partial charge on any atom is 0.243 e. The molecule has 22 heavy (non-hydrogen) atoms. The van der Waals surface area contributed by atoms with Crippen LogP contribution < -0.4 is 0 Å². The van der Waals surface area contributed by atoms with Gasteiger partial charge in [-0.3, -0.25) is 4.79 Å². The standard InChI is InChI=1S/C15H21FN2O3S/c1-11-9-12(5-6-13(11)16)22(20,21)17-7-8-18(14(19)10-17)15(2,3)4/h5-6,9H,7-8,10H2,1-4H3. The van der Waals surface area contributed by atoms with Gasteiger partial charge in [0.1, 0.15) is 5.82 Å². The summed E-state index contributed by atoms with van der Waals surface area (Å²) >= 11 is 0. The number of carbonyl (C=O) groups excluding carboxylic acids is 1. The first-order valence-corrected chi connectivity index (χ1v) is 8.54. The van der Waals surface area contributed by atoms with E-state index in [2.05, 4.69) is 0 Å². The third-order valence-corrected chi connectivity index (χ3v) is 5.60. The third-order valence-electron chi connectivity index (χ3n) is 3.76. The lowest BCUT2D eigenvalue weighted by molar-refractivity contribution is -0.139. The number of sulfonamides is 1. The van der Waals surface area contributed by atoms with Crippen LogP contribution in [0.5, 0.6) is 0 Å². The number of carbonyl (C=O) groups is 1. The Balaban J connectivity index is 2.25. The van der Waals surface area contributed by atoms with E-state index in [1.165, 1.54) is 19.1 Å². The molecule has 0 saturated carbocycles. The minimum Gasteiger partial charge on any atom is -0.335 e. The molecular weight excluding hydrogens is 307 g/mol. The van der Waals surface area contributed by atoms with Gasteiger partial charge in [-0.15, -0.1) is 0 Å². The van der Waals surface area contributed by atoms with Crippen molar-refractivity contribution in [1.82, 2.24) is 9.21 Å². The Hall–Kier alpha value is -1.47. The van der Waals surface area contributed by atoms with Gasteiger partial charge in [0.25, 0.3) is 0 Å². The van der Waals surface area contributed by atoms with Gasteiger partial charge in [-0.1, -0.05) is 0 Å². The van der Waals surface area contributed by atoms with Gasteiger partial charge in [-0.25, -0.2) is 12.8 Å². The second kappa shape index (κ2) is 5.62. The summed E-state index contributed by atoms with van der Waals surface area (Å²) in [5, 5.41) is 0. The molecule has 1 saturated heterocycles. The van der Waals surface area contributed by atoms with Gasteiger partial charge in [0.05, 0.1) is 11.4 Å². The van der Waals surface area contributed by atoms with Crippen molar-refractivity contribution in [3.05, 3.63) is 29.6 Å². The number of hydrogen-bond acceptors (Lipinski definition) is 3. The molecule has 0 aromatic heterocycles. The van der Waals surface area contributed by atoms with Crippen LogP contribution in [0.3, 0.4) is 0 Å². The number of piperazine rings is 1. The van der Waals surface area contributed by atoms with Gasteiger partial charge >= 0.3 is 0 Å². The minimum absolute atomic E-state index is 0.0170. The lowest BCUT2D eigenvalue weighted by atomic mass is 10.1. The number of rotatable bonds is 2. The van der Waals surface area contributed by atoms with Gasteiger partial charge in [0.15, 0.2) is 0 Å². The molecule has 0 spiro atoms. The van der Waals surface area contributed by atoms with Crippen LogP contribution in [0.15, 0.2) is 23.1 Å². The van der Waals surface area contributed by atoms with Crippen LogP contribution in [-0.4, -0.2) is 48.7 Å². The third kappa shape index (κ3) is 3.15. The Morgan fingerprint density at radius 2 is 1.82 bits per heavy atom. The molecule has 2 rings (SSSR count). The van der Waals surface area contributed by atoms with Gasteiger partial charge in [-0.05, 0) is 51.5 Å². The molecule has 0 atom stereocenters. The van der Waals surface area contributed by atoms with Crippen LogP contribution in [0.4, 0.5) is 4.39 Å². The Kier molecular flexibility index (Phi) is 4.32. The Labute approximate surface area is 130 Å². The van der Waals surface area contributed by atoms with Crippen molar-refractivity contribution in [2.75, 3.05) is 19.6 Å². The second-order valence-corrected chi connectivity index (χ2v) is 8.40. The van der Waals surface area contributed by atoms with E-state index in [1.54, 1.807) is 4.90 Å². The molecule has 0 unspecified atom stereocenters. The van der Waals surface area contributed by atoms with Crippen LogP contribution in [-0.2, 0) is 14.8 Å². The van der Waals surface area contributed by atoms with Gasteiger partial charge in [0, 0.05) is 18.6 Å². The maximum atomic E-state index is 13.3. The molecule has 1 heterocycles. The molecule has 1 aromatic carbocycles. The Morgan fingerprint density at radius 1 is 1.18 bits per heavy atom. The van der Waals surface area contributed by atoms with Crippen molar-refractivity contribution in [1.29, 1.82) is 0 Å². The number of halogens is 1. The molecule has 7 heteroatoms. The fraction of sp³-hybridized carbons (Fsp3) is 0.533. The zero-order valence-electron chi connectivity index (χ0n) is 13.3. The highest BCUT2D eigenvalue weighted by Gasteiger charge is 2.36. The predicted molar refractivity (Wildman–Crippen MR) is 81.4 cm³/mol. The van der Waals surface area contributed by atoms with E-state index in [9.17, 15) is 17.6 Å². The van der Waals surface area contributed by atoms with Crippen LogP contribution in [0.2, 0.25) is 0 Å². The average Bonchev–Trinajstić information content (AvgIpc) is 2.40. The summed E-state index contributed by atoms with van der Waals surface area (Å²) < 4.78 is 39.6. The van der Waals surface area contributed by atoms with Crippen molar-refractivity contribution < 1.29 is 17.6 Å². The van der Waals surface area contributed by atoms with E-state index in [-0.39, 0.29) is 35.0 Å². The quantitative estimate of drug-likeness (QED) is 0.831. The van der Waals surface area contributed by atoms with Crippen molar-refractivity contribution in [3.8, 4) is 0 Å². The summed E-state index contributed by atoms with van der Waals surface area (Å²) in [5.41, 5.74) is -0.0694. The molecule has 1 fully saturated rings. The molecule has 0 N–H and O–H groups in total. The number of aryl methyl sites for hydroxylation is 1. The zero-order valence-corrected chi connectivity index (χ0v) is 14.1. The van der Waals surface area contributed by atoms with Gasteiger partial charge in [0.2, 0.25) is 15.9 Å². The van der Waals surface area contributed by atoms with E-state index < -0.39 is 15.8 Å². The summed E-state index contributed by atoms with van der Waals surface area (Å²) in [6.45, 7) is 7.66. The molecule has 1 aliphatic heterocycles. The molecule has 0 aliphatic carbocycles. The van der Waals surface area contributed by atoms with E-state index in [1.807, 2.05) is 20.8 Å². The van der Waals surface area contributed by atoms with Crippen molar-refractivity contribution >= 4 is 15.9 Å². The monoisotopic (exact) mass is 328 g/mol. The lowest BCUT2D eigenvalue weighted by Gasteiger charge is -2.41. The smallest absolute Gasteiger partial charge is 0.243 e. The lowest BCUT2D eigenvalue weighted by Crippen LogP contribution is -2.57. The molecular formula is C15H21FN2O3S. The second-order valence-electron chi connectivity index (χ2n) is 6.47. The topological polar surface area (TPSA) is 57.7 Å². The number of amides is 1. The fourth-order valence-corrected chi connectivity index (χ4v) is 3.96. The molecule has 1 amide bonds. The highest BCUT2D eigenvalue weighted by atomic mass is 32.2. The van der Waals surface area contributed by atoms with Crippen LogP contribution >= 0.6 is 0 Å². The highest BCUT2D eigenvalue weighted by molar-refractivity contribution is 7.89. The summed E-state index contributed by atoms with van der Waals surface area (Å²) in [6, 6.07) is 3.67. The summed E-state index contributed by atoms with van der Waals surface area (Å²) in [5.74, 6) is -0.672. The molecule has 122 valence electrons. The van der Waals surface area contributed by atoms with E-state index >= 15 is 0 Å². The molecule has 0 bridgehead atoms. The van der Waals surface area contributed by atoms with Gasteiger partial charge < -0.3 is 4.90 Å². The fourth-order valence-electron chi connectivity index (χ4n) is 2.49. The van der Waals surface area contributed by atoms with E-state index in [0.717, 1.165) is 10.4 Å². The molecule has 5 nitrogen and oxygen atoms in total. The maximum absolute atomic E-state index is 13.3. The molecule has 1 aliphatic rings. The predicted octanol–water partition coefficient (Wildman–Crippen LogP) is 1.77. The van der Waals surface area contributed by atoms with Crippen LogP contribution in [0, 0.1) is 12.7 Å². The average molecular weight is 328 g/mol. The first-order chi connectivity index (χ1) is 10.0. The highest BCUT2D eigenvalue weighted by Crippen LogP contribution is 2.23. The number of hydrogen-bond donors (Lipinski definition) is 0. The summed E-state index contributed by atoms with van der Waals surface area (Å²) in [7, 11) is -3.78. The first kappa shape index (κ1) is 16.9. The van der Waals surface area contributed by atoms with Crippen LogP contribution in [0.25, 0.3) is 0 Å². The van der Waals surface area contributed by atoms with E-state index in [0.29, 0.717) is 6.54 Å². The van der Waals surface area contributed by atoms with Crippen molar-refractivity contribution in [2.24, 2.45) is 0 Å². The first-order valence-electron chi connectivity index (χ1n) is 7.10. The summed E-state index contributed by atoms with van der Waals surface area (Å²) in [6.07, 6.45) is 0. The van der Waals surface area contributed by atoms with E-state index in [4.69, 9.17) is 0 Å². The molecule has 1 aromatic rings. The minimum atomic E-state index is -3.78.